The van der Waals surface area contributed by atoms with Gasteiger partial charge >= 0.3 is 5.97 Å². The van der Waals surface area contributed by atoms with Gasteiger partial charge in [0.2, 0.25) is 11.5 Å². The van der Waals surface area contributed by atoms with E-state index in [1.165, 1.54) is 16.7 Å². The van der Waals surface area contributed by atoms with E-state index in [1.807, 2.05) is 0 Å². The molecule has 6 N–H and O–H groups in total. The highest BCUT2D eigenvalue weighted by Gasteiger charge is 2.54. The molecule has 2 aromatic heterocycles. The van der Waals surface area contributed by atoms with Gasteiger partial charge in [0, 0.05) is 40.7 Å². The summed E-state index contributed by atoms with van der Waals surface area (Å²) >= 11 is 2.25. The number of carbonyl (C=O) groups is 3. The molecule has 2 aliphatic heterocycles. The lowest BCUT2D eigenvalue weighted by atomic mass is 10.0. The number of thioether (sulfide) groups is 1. The van der Waals surface area contributed by atoms with Crippen molar-refractivity contribution in [1.29, 1.82) is 0 Å². The number of nitrogen functional groups attached to an aromatic ring is 2. The van der Waals surface area contributed by atoms with E-state index >= 15 is 0 Å². The third-order valence-corrected chi connectivity index (χ3v) is 6.86. The molecule has 2 aromatic rings. The van der Waals surface area contributed by atoms with E-state index in [9.17, 15) is 19.5 Å². The predicted molar refractivity (Wildman–Crippen MR) is 123 cm³/mol. The van der Waals surface area contributed by atoms with Crippen molar-refractivity contribution in [3.63, 3.8) is 0 Å². The minimum atomic E-state index is -1.21. The summed E-state index contributed by atoms with van der Waals surface area (Å²) in [6.07, 6.45) is 3.47. The van der Waals surface area contributed by atoms with Gasteiger partial charge in [0.05, 0.1) is 0 Å². The van der Waals surface area contributed by atoms with Gasteiger partial charge in [-0.15, -0.1) is 11.8 Å². The fourth-order valence-corrected chi connectivity index (χ4v) is 5.22. The van der Waals surface area contributed by atoms with Gasteiger partial charge in [-0.3, -0.25) is 14.5 Å². The van der Waals surface area contributed by atoms with Crippen molar-refractivity contribution in [3.05, 3.63) is 41.6 Å². The number of amides is 2. The zero-order chi connectivity index (χ0) is 24.4. The number of fused-ring (bicyclic) bond motifs is 1. The third kappa shape index (κ3) is 4.51. The first-order valence-electron chi connectivity index (χ1n) is 10.0. The van der Waals surface area contributed by atoms with E-state index in [2.05, 4.69) is 19.8 Å². The van der Waals surface area contributed by atoms with E-state index in [0.717, 1.165) is 11.5 Å². The van der Waals surface area contributed by atoms with Crippen molar-refractivity contribution in [2.45, 2.75) is 24.9 Å². The van der Waals surface area contributed by atoms with Gasteiger partial charge in [0.1, 0.15) is 23.7 Å². The second-order valence-electron chi connectivity index (χ2n) is 7.24. The molecule has 0 spiro atoms. The van der Waals surface area contributed by atoms with Gasteiger partial charge in [-0.2, -0.15) is 9.36 Å². The molecule has 2 atom stereocenters. The molecule has 2 aliphatic rings. The Morgan fingerprint density at radius 1 is 1.38 bits per heavy atom. The van der Waals surface area contributed by atoms with Gasteiger partial charge in [0.25, 0.3) is 11.8 Å². The Hall–Kier alpha value is -3.72. The van der Waals surface area contributed by atoms with Crippen LogP contribution in [-0.2, 0) is 25.8 Å². The van der Waals surface area contributed by atoms with Crippen molar-refractivity contribution < 1.29 is 28.9 Å². The number of aliphatic carboxylic acids is 1. The number of anilines is 2. The summed E-state index contributed by atoms with van der Waals surface area (Å²) in [6, 6.07) is 2.46. The largest absolute Gasteiger partial charge is 0.477 e. The summed E-state index contributed by atoms with van der Waals surface area (Å²) in [5.41, 5.74) is 12.1. The van der Waals surface area contributed by atoms with Crippen molar-refractivity contribution >= 4 is 57.6 Å². The summed E-state index contributed by atoms with van der Waals surface area (Å²) in [5, 5.41) is 15.8. The van der Waals surface area contributed by atoms with Crippen LogP contribution in [0.1, 0.15) is 12.7 Å². The number of oxime groups is 1. The molecule has 1 unspecified atom stereocenters. The maximum atomic E-state index is 12.9. The normalized spacial score (nSPS) is 20.0. The van der Waals surface area contributed by atoms with Crippen LogP contribution in [0.25, 0.3) is 0 Å². The lowest BCUT2D eigenvalue weighted by Crippen LogP contribution is -2.71. The number of aromatic nitrogens is 3. The Bertz CT molecular complexity index is 1200. The molecule has 15 heteroatoms. The Labute approximate surface area is 201 Å². The average Bonchev–Trinajstić information content (AvgIpc) is 3.24. The molecule has 1 saturated heterocycles. The fraction of sp³-hybridized carbons (Fsp3) is 0.316. The summed E-state index contributed by atoms with van der Waals surface area (Å²) in [4.78, 5) is 48.0. The van der Waals surface area contributed by atoms with Crippen molar-refractivity contribution in [3.8, 4) is 0 Å². The highest BCUT2D eigenvalue weighted by atomic mass is 32.2. The second kappa shape index (κ2) is 9.64. The number of β-lactam (4-membered cyclic amide) rings is 1. The molecule has 4 rings (SSSR count). The molecular formula is C19H21N8O5S2+. The minimum Gasteiger partial charge on any atom is -0.477 e. The summed E-state index contributed by atoms with van der Waals surface area (Å²) < 4.78 is 5.75. The Kier molecular flexibility index (Phi) is 6.65. The first-order valence-corrected chi connectivity index (χ1v) is 11.9. The first-order chi connectivity index (χ1) is 16.3. The maximum absolute atomic E-state index is 12.9. The van der Waals surface area contributed by atoms with Crippen molar-refractivity contribution in [2.24, 2.45) is 5.16 Å². The summed E-state index contributed by atoms with van der Waals surface area (Å²) in [7, 11) is 0. The Morgan fingerprint density at radius 3 is 2.74 bits per heavy atom. The second-order valence-corrected chi connectivity index (χ2v) is 9.12. The molecule has 0 radical (unpaired) electrons. The molecule has 178 valence electrons. The number of rotatable bonds is 8. The SMILES string of the molecule is CCON=C(C(=O)NC1C(=O)N2C(C(=O)O)=C(C[n+]3ccc(N)cc3)CS[C@H]12)c1nsc(N)n1. The topological polar surface area (TPSA) is 190 Å². The van der Waals surface area contributed by atoms with Crippen LogP contribution in [-0.4, -0.2) is 66.6 Å². The number of carboxylic acids is 1. The molecular weight excluding hydrogens is 484 g/mol. The van der Waals surface area contributed by atoms with Crippen LogP contribution >= 0.6 is 23.3 Å². The number of nitrogens with one attached hydrogen (secondary N) is 1. The van der Waals surface area contributed by atoms with E-state index < -0.39 is 29.2 Å². The van der Waals surface area contributed by atoms with Gasteiger partial charge in [0.15, 0.2) is 24.1 Å². The van der Waals surface area contributed by atoms with Gasteiger partial charge in [-0.25, -0.2) is 9.36 Å². The zero-order valence-electron chi connectivity index (χ0n) is 17.9. The van der Waals surface area contributed by atoms with E-state index in [0.29, 0.717) is 17.0 Å². The third-order valence-electron chi connectivity index (χ3n) is 4.98. The Balaban J connectivity index is 1.53. The lowest BCUT2D eigenvalue weighted by Gasteiger charge is -2.49. The number of carboxylic acid groups (broad SMARTS) is 1. The molecule has 0 aliphatic carbocycles. The van der Waals surface area contributed by atoms with Gasteiger partial charge in [-0.1, -0.05) is 5.16 Å². The molecule has 0 bridgehead atoms. The molecule has 0 aromatic carbocycles. The molecule has 13 nitrogen and oxygen atoms in total. The monoisotopic (exact) mass is 505 g/mol. The van der Waals surface area contributed by atoms with Gasteiger partial charge < -0.3 is 26.7 Å². The number of hydrogen-bond acceptors (Lipinski definition) is 11. The highest BCUT2D eigenvalue weighted by Crippen LogP contribution is 2.40. The minimum absolute atomic E-state index is 0.0256. The van der Waals surface area contributed by atoms with Crippen molar-refractivity contribution in [1.82, 2.24) is 19.6 Å². The lowest BCUT2D eigenvalue weighted by molar-refractivity contribution is -0.688. The number of nitrogens with zero attached hydrogens (tertiary/aromatic N) is 5. The number of hydrogen-bond donors (Lipinski definition) is 4. The van der Waals surface area contributed by atoms with Crippen LogP contribution in [0.5, 0.6) is 0 Å². The van der Waals surface area contributed by atoms with Gasteiger partial charge in [-0.05, 0) is 6.92 Å². The maximum Gasteiger partial charge on any atom is 0.352 e. The molecule has 4 heterocycles. The number of carbonyl (C=O) groups excluding carboxylic acids is 2. The van der Waals surface area contributed by atoms with Crippen LogP contribution in [0.3, 0.4) is 0 Å². The molecule has 0 saturated carbocycles. The predicted octanol–water partition coefficient (Wildman–Crippen LogP) is -0.831. The van der Waals surface area contributed by atoms with Crippen LogP contribution in [0.15, 0.2) is 41.0 Å². The summed E-state index contributed by atoms with van der Waals surface area (Å²) in [5.74, 6) is -2.14. The van der Waals surface area contributed by atoms with E-state index in [4.69, 9.17) is 16.3 Å². The van der Waals surface area contributed by atoms with Crippen LogP contribution in [0, 0.1) is 0 Å². The fourth-order valence-electron chi connectivity index (χ4n) is 3.45. The van der Waals surface area contributed by atoms with E-state index in [1.54, 1.807) is 36.0 Å². The molecule has 1 fully saturated rings. The summed E-state index contributed by atoms with van der Waals surface area (Å²) in [6.45, 7) is 2.17. The average molecular weight is 506 g/mol. The van der Waals surface area contributed by atoms with Crippen LogP contribution in [0.4, 0.5) is 10.8 Å². The molecule has 2 amide bonds. The molecule has 34 heavy (non-hydrogen) atoms. The standard InChI is InChI=1S/C19H20N8O5S2/c1-2-32-24-11(14-23-19(21)34-25-14)15(28)22-12-16(29)27-13(18(30)31)9(8-33-17(12)27)7-26-5-3-10(20)4-6-26/h3-6,12,17,20H,2,7-8H2,1H3,(H4,21,22,23,25,28,30,31)/p+1/t12?,17-/m1/s1. The first kappa shape index (κ1) is 23.4. The van der Waals surface area contributed by atoms with Crippen molar-refractivity contribution in [2.75, 3.05) is 23.8 Å². The number of pyridine rings is 1. The zero-order valence-corrected chi connectivity index (χ0v) is 19.5. The van der Waals surface area contributed by atoms with E-state index in [-0.39, 0.29) is 35.5 Å². The number of nitrogens with two attached hydrogens (primary N) is 2. The highest BCUT2D eigenvalue weighted by molar-refractivity contribution is 8.00. The Morgan fingerprint density at radius 2 is 2.12 bits per heavy atom. The van der Waals surface area contributed by atoms with Crippen LogP contribution in [0.2, 0.25) is 0 Å². The van der Waals surface area contributed by atoms with Crippen LogP contribution < -0.4 is 21.4 Å². The quantitative estimate of drug-likeness (QED) is 0.152. The smallest absolute Gasteiger partial charge is 0.352 e.